The van der Waals surface area contributed by atoms with E-state index < -0.39 is 42.2 Å². The van der Waals surface area contributed by atoms with Crippen LogP contribution in [-0.2, 0) is 23.8 Å². The van der Waals surface area contributed by atoms with Gasteiger partial charge in [-0.05, 0) is 27.7 Å². The topological polar surface area (TPSA) is 130 Å². The van der Waals surface area contributed by atoms with Gasteiger partial charge in [0.2, 0.25) is 0 Å². The van der Waals surface area contributed by atoms with Crippen LogP contribution in [0.25, 0.3) is 0 Å². The smallest absolute Gasteiger partial charge is 0.430 e. The number of aliphatic hydroxyl groups excluding tert-OH is 1. The third kappa shape index (κ3) is 4.21. The quantitative estimate of drug-likeness (QED) is 0.547. The number of carbonyl (C=O) groups excluding carboxylic acids is 1. The average molecular weight is 385 g/mol. The highest BCUT2D eigenvalue weighted by Crippen LogP contribution is 2.42. The molecule has 0 spiro atoms. The summed E-state index contributed by atoms with van der Waals surface area (Å²) in [7, 11) is 0. The molecule has 3 heterocycles. The van der Waals surface area contributed by atoms with Crippen LogP contribution in [0.15, 0.2) is 17.1 Å². The zero-order chi connectivity index (χ0) is 19.8. The van der Waals surface area contributed by atoms with Crippen LogP contribution in [0.5, 0.6) is 0 Å². The molecule has 11 heteroatoms. The van der Waals surface area contributed by atoms with Crippen LogP contribution in [0.2, 0.25) is 0 Å². The minimum Gasteiger partial charge on any atom is -0.430 e. The van der Waals surface area contributed by atoms with Crippen molar-refractivity contribution in [3.05, 3.63) is 22.7 Å². The molecular formula is C16H23N3O8. The molecule has 3 rings (SSSR count). The number of nitrogens with one attached hydrogen (secondary N) is 1. The summed E-state index contributed by atoms with van der Waals surface area (Å²) in [5.41, 5.74) is 1.60. The van der Waals surface area contributed by atoms with Crippen LogP contribution in [-0.4, -0.2) is 57.6 Å². The van der Waals surface area contributed by atoms with Gasteiger partial charge >= 0.3 is 11.8 Å². The average Bonchev–Trinajstić information content (AvgIpc) is 3.05. The Morgan fingerprint density at radius 1 is 1.41 bits per heavy atom. The fourth-order valence-corrected chi connectivity index (χ4v) is 3.00. The van der Waals surface area contributed by atoms with E-state index in [-0.39, 0.29) is 18.5 Å². The van der Waals surface area contributed by atoms with Crippen molar-refractivity contribution in [2.45, 2.75) is 64.1 Å². The van der Waals surface area contributed by atoms with Crippen LogP contribution in [0.3, 0.4) is 0 Å². The van der Waals surface area contributed by atoms with Gasteiger partial charge < -0.3 is 28.9 Å². The summed E-state index contributed by atoms with van der Waals surface area (Å²) in [5, 5.41) is 9.51. The standard InChI is InChI=1S/C16H23N3O8/c1-8(2)23-15(22)27-18-10-5-6-19(14(21)17-10)13-12-11(9(7-20)24-13)25-16(3,4)26-12/h5-6,8-9,11-13,20H,7H2,1-4H3,(H,17,18,21)/t9-,11-,12-,13-/m1/s1. The third-order valence-corrected chi connectivity index (χ3v) is 3.98. The van der Waals surface area contributed by atoms with Crippen LogP contribution < -0.4 is 11.2 Å². The lowest BCUT2D eigenvalue weighted by Crippen LogP contribution is -2.35. The first-order chi connectivity index (χ1) is 12.7. The Morgan fingerprint density at radius 3 is 2.74 bits per heavy atom. The second kappa shape index (κ2) is 7.43. The monoisotopic (exact) mass is 385 g/mol. The van der Waals surface area contributed by atoms with Crippen molar-refractivity contribution < 1.29 is 33.7 Å². The molecule has 1 aromatic heterocycles. The summed E-state index contributed by atoms with van der Waals surface area (Å²) in [5.74, 6) is -0.831. The van der Waals surface area contributed by atoms with Crippen molar-refractivity contribution in [2.24, 2.45) is 0 Å². The number of aliphatic hydroxyl groups is 1. The summed E-state index contributed by atoms with van der Waals surface area (Å²) in [6.45, 7) is 6.57. The fourth-order valence-electron chi connectivity index (χ4n) is 3.00. The van der Waals surface area contributed by atoms with Crippen molar-refractivity contribution >= 4 is 12.0 Å². The molecule has 0 unspecified atom stereocenters. The molecule has 2 saturated heterocycles. The summed E-state index contributed by atoms with van der Waals surface area (Å²) < 4.78 is 23.3. The fraction of sp³-hybridized carbons (Fsp3) is 0.688. The van der Waals surface area contributed by atoms with Crippen LogP contribution in [0.1, 0.15) is 33.9 Å². The second-order valence-corrected chi connectivity index (χ2v) is 6.94. The van der Waals surface area contributed by atoms with E-state index in [2.05, 4.69) is 15.3 Å². The van der Waals surface area contributed by atoms with E-state index in [1.807, 2.05) is 0 Å². The number of anilines is 1. The Labute approximate surface area is 155 Å². The van der Waals surface area contributed by atoms with Gasteiger partial charge in [0.05, 0.1) is 12.7 Å². The molecule has 0 saturated carbocycles. The molecule has 2 aliphatic rings. The molecule has 4 atom stereocenters. The minimum absolute atomic E-state index is 0.0223. The third-order valence-electron chi connectivity index (χ3n) is 3.98. The highest BCUT2D eigenvalue weighted by atomic mass is 16.8. The van der Waals surface area contributed by atoms with Crippen molar-refractivity contribution in [3.8, 4) is 0 Å². The number of ether oxygens (including phenoxy) is 4. The van der Waals surface area contributed by atoms with Crippen molar-refractivity contribution in [1.82, 2.24) is 9.55 Å². The highest BCUT2D eigenvalue weighted by Gasteiger charge is 2.55. The summed E-state index contributed by atoms with van der Waals surface area (Å²) >= 11 is 0. The Morgan fingerprint density at radius 2 is 2.11 bits per heavy atom. The predicted molar refractivity (Wildman–Crippen MR) is 89.6 cm³/mol. The van der Waals surface area contributed by atoms with E-state index in [1.54, 1.807) is 27.7 Å². The number of carbonyl (C=O) groups is 1. The molecule has 150 valence electrons. The number of rotatable bonds is 5. The normalized spacial score (nSPS) is 28.8. The minimum atomic E-state index is -0.942. The van der Waals surface area contributed by atoms with E-state index in [0.717, 1.165) is 0 Å². The molecule has 1 aromatic rings. The number of aromatic nitrogens is 2. The van der Waals surface area contributed by atoms with E-state index in [4.69, 9.17) is 18.9 Å². The molecular weight excluding hydrogens is 362 g/mol. The van der Waals surface area contributed by atoms with Crippen LogP contribution in [0, 0.1) is 0 Å². The van der Waals surface area contributed by atoms with Crippen molar-refractivity contribution in [1.29, 1.82) is 0 Å². The van der Waals surface area contributed by atoms with Gasteiger partial charge in [0.25, 0.3) is 0 Å². The maximum absolute atomic E-state index is 12.4. The molecule has 2 aliphatic heterocycles. The summed E-state index contributed by atoms with van der Waals surface area (Å²) in [4.78, 5) is 32.2. The lowest BCUT2D eigenvalue weighted by atomic mass is 10.1. The Kier molecular flexibility index (Phi) is 5.38. The molecule has 0 aromatic carbocycles. The van der Waals surface area contributed by atoms with E-state index in [0.29, 0.717) is 0 Å². The first-order valence-corrected chi connectivity index (χ1v) is 8.55. The maximum Gasteiger partial charge on any atom is 0.533 e. The molecule has 0 bridgehead atoms. The SMILES string of the molecule is CC(C)OC(=O)ONc1ccn([C@@H]2O[C@H](CO)[C@H]3OC(C)(C)O[C@H]32)c(=O)n1. The highest BCUT2D eigenvalue weighted by molar-refractivity contribution is 5.61. The van der Waals surface area contributed by atoms with E-state index >= 15 is 0 Å². The van der Waals surface area contributed by atoms with Gasteiger partial charge in [0.1, 0.15) is 18.3 Å². The lowest BCUT2D eigenvalue weighted by Gasteiger charge is -2.24. The zero-order valence-corrected chi connectivity index (χ0v) is 15.4. The molecule has 0 radical (unpaired) electrons. The molecule has 11 nitrogen and oxygen atoms in total. The van der Waals surface area contributed by atoms with Gasteiger partial charge in [0, 0.05) is 12.3 Å². The molecule has 2 N–H and O–H groups in total. The van der Waals surface area contributed by atoms with Gasteiger partial charge in [-0.25, -0.2) is 9.59 Å². The van der Waals surface area contributed by atoms with E-state index in [1.165, 1.54) is 16.8 Å². The first kappa shape index (κ1) is 19.5. The Balaban J connectivity index is 1.72. The molecule has 27 heavy (non-hydrogen) atoms. The largest absolute Gasteiger partial charge is 0.533 e. The second-order valence-electron chi connectivity index (χ2n) is 6.94. The van der Waals surface area contributed by atoms with E-state index in [9.17, 15) is 14.7 Å². The lowest BCUT2D eigenvalue weighted by molar-refractivity contribution is -0.200. The zero-order valence-electron chi connectivity index (χ0n) is 15.4. The van der Waals surface area contributed by atoms with Gasteiger partial charge in [-0.1, -0.05) is 0 Å². The van der Waals surface area contributed by atoms with Crippen molar-refractivity contribution in [3.63, 3.8) is 0 Å². The molecule has 2 fully saturated rings. The molecule has 0 aliphatic carbocycles. The number of hydrogen-bond donors (Lipinski definition) is 2. The van der Waals surface area contributed by atoms with Gasteiger partial charge in [-0.15, -0.1) is 0 Å². The summed E-state index contributed by atoms with van der Waals surface area (Å²) in [6.07, 6.45) is -2.38. The predicted octanol–water partition coefficient (Wildman–Crippen LogP) is 0.542. The Bertz CT molecular complexity index is 749. The maximum atomic E-state index is 12.4. The van der Waals surface area contributed by atoms with Gasteiger partial charge in [-0.2, -0.15) is 10.5 Å². The first-order valence-electron chi connectivity index (χ1n) is 8.55. The van der Waals surface area contributed by atoms with Crippen LogP contribution >= 0.6 is 0 Å². The number of nitrogens with zero attached hydrogens (tertiary/aromatic N) is 2. The van der Waals surface area contributed by atoms with Crippen molar-refractivity contribution in [2.75, 3.05) is 12.1 Å². The van der Waals surface area contributed by atoms with Crippen LogP contribution in [0.4, 0.5) is 10.6 Å². The summed E-state index contributed by atoms with van der Waals surface area (Å²) in [6, 6.07) is 1.43. The Hall–Kier alpha value is -2.21. The number of hydrogen-bond acceptors (Lipinski definition) is 10. The molecule has 0 amide bonds. The number of fused-ring (bicyclic) bond motifs is 1. The van der Waals surface area contributed by atoms with Gasteiger partial charge in [-0.3, -0.25) is 4.57 Å². The van der Waals surface area contributed by atoms with Gasteiger partial charge in [0.15, 0.2) is 17.8 Å².